The molecule has 0 spiro atoms. The van der Waals surface area contributed by atoms with Crippen LogP contribution in [-0.4, -0.2) is 42.9 Å². The van der Waals surface area contributed by atoms with E-state index >= 15 is 0 Å². The van der Waals surface area contributed by atoms with Gasteiger partial charge in [-0.15, -0.1) is 0 Å². The van der Waals surface area contributed by atoms with E-state index in [9.17, 15) is 14.4 Å². The van der Waals surface area contributed by atoms with Crippen LogP contribution in [0.25, 0.3) is 0 Å². The lowest BCUT2D eigenvalue weighted by molar-refractivity contribution is -0.132. The van der Waals surface area contributed by atoms with E-state index in [1.807, 2.05) is 19.1 Å². The normalized spacial score (nSPS) is 9.70. The van der Waals surface area contributed by atoms with E-state index in [4.69, 9.17) is 5.73 Å². The van der Waals surface area contributed by atoms with Crippen molar-refractivity contribution in [3.63, 3.8) is 0 Å². The van der Waals surface area contributed by atoms with Crippen LogP contribution in [0.1, 0.15) is 5.56 Å². The van der Waals surface area contributed by atoms with Crippen molar-refractivity contribution in [2.75, 3.05) is 25.5 Å². The maximum absolute atomic E-state index is 11.7. The molecule has 0 aromatic heterocycles. The third-order valence-corrected chi connectivity index (χ3v) is 2.56. The minimum Gasteiger partial charge on any atom is -0.352 e. The Bertz CT molecular complexity index is 499. The van der Waals surface area contributed by atoms with Crippen LogP contribution >= 0.6 is 0 Å². The van der Waals surface area contributed by atoms with E-state index in [0.717, 1.165) is 5.56 Å². The summed E-state index contributed by atoms with van der Waals surface area (Å²) in [6.07, 6.45) is 0. The number of nitrogens with zero attached hydrogens (tertiary/aromatic N) is 1. The molecule has 0 heterocycles. The zero-order chi connectivity index (χ0) is 15.1. The maximum atomic E-state index is 11.7. The SMILES string of the molecule is Cc1ccc(NC(=O)CN(C)C(=O)CNC(N)=O)cc1. The predicted molar refractivity (Wildman–Crippen MR) is 75.0 cm³/mol. The monoisotopic (exact) mass is 278 g/mol. The maximum Gasteiger partial charge on any atom is 0.312 e. The number of nitrogens with one attached hydrogen (secondary N) is 2. The molecular weight excluding hydrogens is 260 g/mol. The molecule has 0 atom stereocenters. The van der Waals surface area contributed by atoms with Crippen LogP contribution in [0.2, 0.25) is 0 Å². The Balaban J connectivity index is 2.43. The Morgan fingerprint density at radius 2 is 1.80 bits per heavy atom. The van der Waals surface area contributed by atoms with Gasteiger partial charge in [-0.2, -0.15) is 0 Å². The molecule has 0 saturated carbocycles. The summed E-state index contributed by atoms with van der Waals surface area (Å²) in [7, 11) is 1.47. The number of carbonyl (C=O) groups excluding carboxylic acids is 3. The standard InChI is InChI=1S/C13H18N4O3/c1-9-3-5-10(6-4-9)16-11(18)8-17(2)12(19)7-15-13(14)20/h3-6H,7-8H2,1-2H3,(H,16,18)(H3,14,15,20). The molecule has 0 aliphatic carbocycles. The van der Waals surface area contributed by atoms with Gasteiger partial charge in [-0.3, -0.25) is 9.59 Å². The van der Waals surface area contributed by atoms with E-state index in [0.29, 0.717) is 5.69 Å². The van der Waals surface area contributed by atoms with Gasteiger partial charge in [0.15, 0.2) is 0 Å². The minimum atomic E-state index is -0.782. The molecule has 0 aliphatic rings. The first-order valence-electron chi connectivity index (χ1n) is 6.02. The van der Waals surface area contributed by atoms with E-state index in [1.165, 1.54) is 11.9 Å². The minimum absolute atomic E-state index is 0.104. The highest BCUT2D eigenvalue weighted by atomic mass is 16.2. The number of carbonyl (C=O) groups is 3. The first-order chi connectivity index (χ1) is 9.38. The van der Waals surface area contributed by atoms with Gasteiger partial charge in [-0.05, 0) is 19.1 Å². The second kappa shape index (κ2) is 7.13. The molecule has 0 fully saturated rings. The van der Waals surface area contributed by atoms with Gasteiger partial charge in [0.25, 0.3) is 0 Å². The summed E-state index contributed by atoms with van der Waals surface area (Å²) in [4.78, 5) is 35.0. The smallest absolute Gasteiger partial charge is 0.312 e. The number of aryl methyl sites for hydroxylation is 1. The summed E-state index contributed by atoms with van der Waals surface area (Å²) in [5.41, 5.74) is 6.61. The molecule has 4 N–H and O–H groups in total. The number of nitrogens with two attached hydrogens (primary N) is 1. The van der Waals surface area contributed by atoms with Gasteiger partial charge in [0.05, 0.1) is 13.1 Å². The molecule has 0 saturated heterocycles. The summed E-state index contributed by atoms with van der Waals surface area (Å²) in [5.74, 6) is -0.716. The van der Waals surface area contributed by atoms with Crippen molar-refractivity contribution >= 4 is 23.5 Å². The zero-order valence-corrected chi connectivity index (χ0v) is 11.5. The Hall–Kier alpha value is -2.57. The number of anilines is 1. The molecule has 20 heavy (non-hydrogen) atoms. The van der Waals surface area contributed by atoms with Crippen molar-refractivity contribution in [2.45, 2.75) is 6.92 Å². The van der Waals surface area contributed by atoms with Crippen molar-refractivity contribution in [1.29, 1.82) is 0 Å². The van der Waals surface area contributed by atoms with Gasteiger partial charge >= 0.3 is 6.03 Å². The van der Waals surface area contributed by atoms with Crippen LogP contribution in [-0.2, 0) is 9.59 Å². The van der Waals surface area contributed by atoms with Gasteiger partial charge < -0.3 is 21.3 Å². The summed E-state index contributed by atoms with van der Waals surface area (Å²) >= 11 is 0. The molecule has 1 aromatic carbocycles. The molecule has 4 amide bonds. The number of rotatable bonds is 5. The second-order valence-electron chi connectivity index (χ2n) is 4.38. The molecule has 0 radical (unpaired) electrons. The lowest BCUT2D eigenvalue weighted by Gasteiger charge is -2.16. The van der Waals surface area contributed by atoms with Crippen molar-refractivity contribution in [3.8, 4) is 0 Å². The summed E-state index contributed by atoms with van der Waals surface area (Å²) < 4.78 is 0. The van der Waals surface area contributed by atoms with Gasteiger partial charge in [-0.1, -0.05) is 17.7 Å². The fourth-order valence-electron chi connectivity index (χ4n) is 1.44. The number of hydrogen-bond donors (Lipinski definition) is 3. The molecule has 108 valence electrons. The third kappa shape index (κ3) is 5.38. The third-order valence-electron chi connectivity index (χ3n) is 2.56. The fourth-order valence-corrected chi connectivity index (χ4v) is 1.44. The highest BCUT2D eigenvalue weighted by molar-refractivity contribution is 5.95. The average molecular weight is 278 g/mol. The summed E-state index contributed by atoms with van der Waals surface area (Å²) in [5, 5.41) is 4.85. The van der Waals surface area contributed by atoms with Crippen LogP contribution in [0.5, 0.6) is 0 Å². The highest BCUT2D eigenvalue weighted by Gasteiger charge is 2.13. The topological polar surface area (TPSA) is 105 Å². The predicted octanol–water partition coefficient (Wildman–Crippen LogP) is 0.0602. The number of hydrogen-bond acceptors (Lipinski definition) is 3. The van der Waals surface area contributed by atoms with Gasteiger partial charge in [0, 0.05) is 12.7 Å². The lowest BCUT2D eigenvalue weighted by atomic mass is 10.2. The van der Waals surface area contributed by atoms with Crippen LogP contribution in [0.15, 0.2) is 24.3 Å². The second-order valence-corrected chi connectivity index (χ2v) is 4.38. The zero-order valence-electron chi connectivity index (χ0n) is 11.5. The first kappa shape index (κ1) is 15.5. The van der Waals surface area contributed by atoms with Gasteiger partial charge in [0.1, 0.15) is 0 Å². The van der Waals surface area contributed by atoms with Crippen molar-refractivity contribution in [1.82, 2.24) is 10.2 Å². The Morgan fingerprint density at radius 1 is 1.20 bits per heavy atom. The lowest BCUT2D eigenvalue weighted by Crippen LogP contribution is -2.42. The number of urea groups is 1. The summed E-state index contributed by atoms with van der Waals surface area (Å²) in [6.45, 7) is 1.61. The average Bonchev–Trinajstić information content (AvgIpc) is 2.38. The molecule has 1 aromatic rings. The number of primary amides is 1. The van der Waals surface area contributed by atoms with Crippen LogP contribution < -0.4 is 16.4 Å². The van der Waals surface area contributed by atoms with E-state index in [-0.39, 0.29) is 19.0 Å². The van der Waals surface area contributed by atoms with Gasteiger partial charge in [0.2, 0.25) is 11.8 Å². The van der Waals surface area contributed by atoms with Crippen molar-refractivity contribution in [2.24, 2.45) is 5.73 Å². The quantitative estimate of drug-likeness (QED) is 0.709. The number of likely N-dealkylation sites (N-methyl/N-ethyl adjacent to an activating group) is 1. The molecule has 7 heteroatoms. The van der Waals surface area contributed by atoms with Gasteiger partial charge in [-0.25, -0.2) is 4.79 Å². The van der Waals surface area contributed by atoms with Crippen LogP contribution in [0, 0.1) is 6.92 Å². The molecule has 0 unspecified atom stereocenters. The van der Waals surface area contributed by atoms with Crippen LogP contribution in [0.4, 0.5) is 10.5 Å². The Labute approximate surface area is 117 Å². The largest absolute Gasteiger partial charge is 0.352 e. The number of benzene rings is 1. The van der Waals surface area contributed by atoms with E-state index < -0.39 is 11.9 Å². The van der Waals surface area contributed by atoms with Crippen LogP contribution in [0.3, 0.4) is 0 Å². The molecule has 0 aliphatic heterocycles. The fraction of sp³-hybridized carbons (Fsp3) is 0.308. The Kier molecular flexibility index (Phi) is 5.52. The molecule has 0 bridgehead atoms. The molecule has 7 nitrogen and oxygen atoms in total. The van der Waals surface area contributed by atoms with E-state index in [2.05, 4.69) is 10.6 Å². The molecule has 1 rings (SSSR count). The summed E-state index contributed by atoms with van der Waals surface area (Å²) in [6, 6.07) is 6.53. The Morgan fingerprint density at radius 3 is 2.35 bits per heavy atom. The van der Waals surface area contributed by atoms with Crippen molar-refractivity contribution in [3.05, 3.63) is 29.8 Å². The number of amides is 4. The van der Waals surface area contributed by atoms with Crippen molar-refractivity contribution < 1.29 is 14.4 Å². The van der Waals surface area contributed by atoms with E-state index in [1.54, 1.807) is 12.1 Å². The molecular formula is C13H18N4O3. The first-order valence-corrected chi connectivity index (χ1v) is 6.02. The highest BCUT2D eigenvalue weighted by Crippen LogP contribution is 2.08.